The van der Waals surface area contributed by atoms with E-state index in [9.17, 15) is 4.79 Å². The van der Waals surface area contributed by atoms with Crippen LogP contribution in [0.3, 0.4) is 0 Å². The molecule has 80 valence electrons. The lowest BCUT2D eigenvalue weighted by Crippen LogP contribution is -1.98. The van der Waals surface area contributed by atoms with E-state index in [4.69, 9.17) is 11.6 Å². The molecule has 0 saturated heterocycles. The minimum absolute atomic E-state index is 0.116. The molecule has 1 atom stereocenters. The van der Waals surface area contributed by atoms with Crippen LogP contribution < -0.4 is 0 Å². The van der Waals surface area contributed by atoms with E-state index in [1.807, 2.05) is 30.3 Å². The number of benzene rings is 1. The SMILES string of the molecule is C=CCc1ccc(C(Cl)CC(C)=O)cc1. The Bertz CT molecular complexity index is 340. The Labute approximate surface area is 95.8 Å². The van der Waals surface area contributed by atoms with Gasteiger partial charge >= 0.3 is 0 Å². The highest BCUT2D eigenvalue weighted by atomic mass is 35.5. The van der Waals surface area contributed by atoms with Crippen LogP contribution in [0.1, 0.15) is 29.8 Å². The van der Waals surface area contributed by atoms with Crippen LogP contribution >= 0.6 is 11.6 Å². The number of allylic oxidation sites excluding steroid dienone is 1. The van der Waals surface area contributed by atoms with Crippen molar-refractivity contribution in [2.45, 2.75) is 25.1 Å². The van der Waals surface area contributed by atoms with Gasteiger partial charge in [0.15, 0.2) is 0 Å². The molecule has 0 aliphatic carbocycles. The molecule has 0 saturated carbocycles. The third kappa shape index (κ3) is 3.88. The van der Waals surface area contributed by atoms with Crippen molar-refractivity contribution in [3.63, 3.8) is 0 Å². The van der Waals surface area contributed by atoms with E-state index in [0.717, 1.165) is 12.0 Å². The Hall–Kier alpha value is -1.08. The van der Waals surface area contributed by atoms with E-state index < -0.39 is 0 Å². The minimum Gasteiger partial charge on any atom is -0.300 e. The summed E-state index contributed by atoms with van der Waals surface area (Å²) in [4.78, 5) is 10.9. The van der Waals surface area contributed by atoms with Crippen LogP contribution in [0.5, 0.6) is 0 Å². The lowest BCUT2D eigenvalue weighted by atomic mass is 10.0. The Kier molecular flexibility index (Phi) is 4.57. The first-order valence-electron chi connectivity index (χ1n) is 4.96. The summed E-state index contributed by atoms with van der Waals surface area (Å²) in [5.74, 6) is 0.116. The van der Waals surface area contributed by atoms with Crippen LogP contribution in [0, 0.1) is 0 Å². The zero-order chi connectivity index (χ0) is 11.3. The highest BCUT2D eigenvalue weighted by molar-refractivity contribution is 6.21. The third-order valence-corrected chi connectivity index (χ3v) is 2.59. The first-order valence-corrected chi connectivity index (χ1v) is 5.40. The van der Waals surface area contributed by atoms with Gasteiger partial charge in [-0.15, -0.1) is 18.2 Å². The summed E-state index contributed by atoms with van der Waals surface area (Å²) < 4.78 is 0. The van der Waals surface area contributed by atoms with Crippen molar-refractivity contribution in [2.24, 2.45) is 0 Å². The maximum atomic E-state index is 10.9. The monoisotopic (exact) mass is 222 g/mol. The third-order valence-electron chi connectivity index (χ3n) is 2.19. The molecule has 1 aromatic rings. The van der Waals surface area contributed by atoms with Gasteiger partial charge in [0, 0.05) is 6.42 Å². The molecular weight excluding hydrogens is 208 g/mol. The zero-order valence-electron chi connectivity index (χ0n) is 8.87. The van der Waals surface area contributed by atoms with Gasteiger partial charge in [-0.25, -0.2) is 0 Å². The molecule has 1 rings (SSSR count). The van der Waals surface area contributed by atoms with Gasteiger partial charge in [-0.3, -0.25) is 4.79 Å². The number of Topliss-reactive ketones (excluding diaryl/α,β-unsaturated/α-hetero) is 1. The topological polar surface area (TPSA) is 17.1 Å². The molecule has 0 aromatic heterocycles. The van der Waals surface area contributed by atoms with Crippen LogP contribution in [-0.4, -0.2) is 5.78 Å². The lowest BCUT2D eigenvalue weighted by Gasteiger charge is -2.08. The molecule has 0 aliphatic heterocycles. The zero-order valence-corrected chi connectivity index (χ0v) is 9.63. The predicted octanol–water partition coefficient (Wildman–Crippen LogP) is 3.67. The van der Waals surface area contributed by atoms with Gasteiger partial charge in [-0.2, -0.15) is 0 Å². The van der Waals surface area contributed by atoms with Crippen molar-refractivity contribution in [1.29, 1.82) is 0 Å². The summed E-state index contributed by atoms with van der Waals surface area (Å²) in [6.07, 6.45) is 3.12. The Morgan fingerprint density at radius 1 is 1.47 bits per heavy atom. The summed E-state index contributed by atoms with van der Waals surface area (Å²) in [5.41, 5.74) is 2.21. The smallest absolute Gasteiger partial charge is 0.131 e. The fourth-order valence-corrected chi connectivity index (χ4v) is 1.76. The molecule has 0 N–H and O–H groups in total. The second-order valence-electron chi connectivity index (χ2n) is 3.61. The number of carbonyl (C=O) groups excluding carboxylic acids is 1. The van der Waals surface area contributed by atoms with Crippen LogP contribution in [-0.2, 0) is 11.2 Å². The van der Waals surface area contributed by atoms with E-state index in [2.05, 4.69) is 6.58 Å². The summed E-state index contributed by atoms with van der Waals surface area (Å²) in [7, 11) is 0. The summed E-state index contributed by atoms with van der Waals surface area (Å²) in [5, 5.41) is -0.208. The Morgan fingerprint density at radius 3 is 2.53 bits per heavy atom. The van der Waals surface area contributed by atoms with Crippen LogP contribution in [0.15, 0.2) is 36.9 Å². The molecule has 0 amide bonds. The number of ketones is 1. The number of rotatable bonds is 5. The molecule has 15 heavy (non-hydrogen) atoms. The molecule has 0 aliphatic rings. The van der Waals surface area contributed by atoms with Gasteiger partial charge in [0.2, 0.25) is 0 Å². The summed E-state index contributed by atoms with van der Waals surface area (Å²) >= 11 is 6.09. The van der Waals surface area contributed by atoms with E-state index in [1.54, 1.807) is 6.92 Å². The molecular formula is C13H15ClO. The average Bonchev–Trinajstić information content (AvgIpc) is 2.18. The molecule has 2 heteroatoms. The molecule has 0 heterocycles. The first kappa shape index (κ1) is 12.0. The standard InChI is InChI=1S/C13H15ClO/c1-3-4-11-5-7-12(8-6-11)13(14)9-10(2)15/h3,5-8,13H,1,4,9H2,2H3. The lowest BCUT2D eigenvalue weighted by molar-refractivity contribution is -0.117. The van der Waals surface area contributed by atoms with Crippen LogP contribution in [0.4, 0.5) is 0 Å². The van der Waals surface area contributed by atoms with Crippen molar-refractivity contribution in [2.75, 3.05) is 0 Å². The highest BCUT2D eigenvalue weighted by Crippen LogP contribution is 2.24. The van der Waals surface area contributed by atoms with Gasteiger partial charge in [-0.05, 0) is 24.5 Å². The van der Waals surface area contributed by atoms with Gasteiger partial charge < -0.3 is 0 Å². The van der Waals surface area contributed by atoms with Gasteiger partial charge in [-0.1, -0.05) is 30.3 Å². The van der Waals surface area contributed by atoms with Crippen molar-refractivity contribution in [3.8, 4) is 0 Å². The Morgan fingerprint density at radius 2 is 2.07 bits per heavy atom. The quantitative estimate of drug-likeness (QED) is 0.549. The maximum absolute atomic E-state index is 10.9. The van der Waals surface area contributed by atoms with E-state index >= 15 is 0 Å². The van der Waals surface area contributed by atoms with E-state index in [-0.39, 0.29) is 11.2 Å². The van der Waals surface area contributed by atoms with Gasteiger partial charge in [0.1, 0.15) is 5.78 Å². The molecule has 0 spiro atoms. The second-order valence-corrected chi connectivity index (χ2v) is 4.13. The van der Waals surface area contributed by atoms with E-state index in [1.165, 1.54) is 5.56 Å². The largest absolute Gasteiger partial charge is 0.300 e. The fourth-order valence-electron chi connectivity index (χ4n) is 1.40. The maximum Gasteiger partial charge on any atom is 0.131 e. The van der Waals surface area contributed by atoms with Crippen molar-refractivity contribution in [3.05, 3.63) is 48.0 Å². The second kappa shape index (κ2) is 5.72. The number of hydrogen-bond acceptors (Lipinski definition) is 1. The summed E-state index contributed by atoms with van der Waals surface area (Å²) in [6.45, 7) is 5.24. The molecule has 1 unspecified atom stereocenters. The molecule has 1 aromatic carbocycles. The molecule has 0 radical (unpaired) electrons. The first-order chi connectivity index (χ1) is 7.13. The number of alkyl halides is 1. The number of hydrogen-bond donors (Lipinski definition) is 0. The molecule has 0 bridgehead atoms. The normalized spacial score (nSPS) is 12.1. The van der Waals surface area contributed by atoms with Crippen molar-refractivity contribution < 1.29 is 4.79 Å². The van der Waals surface area contributed by atoms with Crippen LogP contribution in [0.25, 0.3) is 0 Å². The molecule has 1 nitrogen and oxygen atoms in total. The van der Waals surface area contributed by atoms with Gasteiger partial charge in [0.05, 0.1) is 5.38 Å². The number of carbonyl (C=O) groups is 1. The van der Waals surface area contributed by atoms with Crippen molar-refractivity contribution >= 4 is 17.4 Å². The minimum atomic E-state index is -0.208. The highest BCUT2D eigenvalue weighted by Gasteiger charge is 2.09. The van der Waals surface area contributed by atoms with E-state index in [0.29, 0.717) is 6.42 Å². The fraction of sp³-hybridized carbons (Fsp3) is 0.308. The molecule has 0 fully saturated rings. The predicted molar refractivity (Wildman–Crippen MR) is 64.2 cm³/mol. The Balaban J connectivity index is 2.70. The average molecular weight is 223 g/mol. The van der Waals surface area contributed by atoms with Crippen molar-refractivity contribution in [1.82, 2.24) is 0 Å². The van der Waals surface area contributed by atoms with Gasteiger partial charge in [0.25, 0.3) is 0 Å². The summed E-state index contributed by atoms with van der Waals surface area (Å²) in [6, 6.07) is 7.98. The van der Waals surface area contributed by atoms with Crippen LogP contribution in [0.2, 0.25) is 0 Å². The number of halogens is 1.